The fraction of sp³-hybridized carbons (Fsp3) is 0.333. The molecule has 0 saturated heterocycles. The van der Waals surface area contributed by atoms with Gasteiger partial charge in [-0.3, -0.25) is 4.79 Å². The lowest BCUT2D eigenvalue weighted by Gasteiger charge is -2.23. The van der Waals surface area contributed by atoms with Gasteiger partial charge in [0.15, 0.2) is 0 Å². The zero-order valence-corrected chi connectivity index (χ0v) is 10.9. The van der Waals surface area contributed by atoms with Crippen LogP contribution in [-0.2, 0) is 0 Å². The largest absolute Gasteiger partial charge is 0.393 e. The molecular formula is C12H14F2N2OS. The highest BCUT2D eigenvalue weighted by atomic mass is 32.1. The predicted octanol–water partition coefficient (Wildman–Crippen LogP) is 2.01. The molecule has 1 rings (SSSR count). The smallest absolute Gasteiger partial charge is 0.251 e. The van der Waals surface area contributed by atoms with E-state index in [0.717, 1.165) is 12.1 Å². The van der Waals surface area contributed by atoms with Crippen LogP contribution in [0.2, 0.25) is 0 Å². The van der Waals surface area contributed by atoms with Crippen molar-refractivity contribution < 1.29 is 13.6 Å². The first-order valence-electron chi connectivity index (χ1n) is 5.26. The maximum atomic E-state index is 12.9. The Morgan fingerprint density at radius 1 is 1.33 bits per heavy atom. The molecule has 0 spiro atoms. The summed E-state index contributed by atoms with van der Waals surface area (Å²) in [5, 5.41) is 2.54. The van der Waals surface area contributed by atoms with E-state index >= 15 is 0 Å². The summed E-state index contributed by atoms with van der Waals surface area (Å²) in [6.07, 6.45) is 0. The lowest BCUT2D eigenvalue weighted by molar-refractivity contribution is 0.0944. The average Bonchev–Trinajstić information content (AvgIpc) is 2.24. The maximum absolute atomic E-state index is 12.9. The van der Waals surface area contributed by atoms with Crippen LogP contribution in [0.15, 0.2) is 18.2 Å². The first kappa shape index (κ1) is 14.5. The third-order valence-electron chi connectivity index (χ3n) is 2.48. The molecule has 1 aromatic rings. The van der Waals surface area contributed by atoms with Crippen LogP contribution in [0, 0.1) is 17.0 Å². The van der Waals surface area contributed by atoms with Crippen LogP contribution in [0.25, 0.3) is 0 Å². The van der Waals surface area contributed by atoms with E-state index < -0.39 is 23.0 Å². The number of carbonyl (C=O) groups excluding carboxylic acids is 1. The normalized spacial score (nSPS) is 11.1. The van der Waals surface area contributed by atoms with Crippen LogP contribution < -0.4 is 11.1 Å². The number of hydrogen-bond donors (Lipinski definition) is 2. The minimum Gasteiger partial charge on any atom is -0.393 e. The van der Waals surface area contributed by atoms with Crippen molar-refractivity contribution in [1.82, 2.24) is 5.32 Å². The molecule has 1 aromatic carbocycles. The molecule has 98 valence electrons. The molecule has 0 aliphatic rings. The van der Waals surface area contributed by atoms with E-state index in [0.29, 0.717) is 6.07 Å². The van der Waals surface area contributed by atoms with Crippen molar-refractivity contribution in [2.75, 3.05) is 6.54 Å². The number of benzene rings is 1. The summed E-state index contributed by atoms with van der Waals surface area (Å²) >= 11 is 4.85. The van der Waals surface area contributed by atoms with Crippen LogP contribution in [-0.4, -0.2) is 17.4 Å². The molecule has 0 aliphatic heterocycles. The van der Waals surface area contributed by atoms with Gasteiger partial charge in [0.1, 0.15) is 11.6 Å². The summed E-state index contributed by atoms with van der Waals surface area (Å²) in [5.74, 6) is -2.17. The SMILES string of the molecule is CC(C)(CNC(=O)c1cc(F)cc(F)c1)C(N)=S. The van der Waals surface area contributed by atoms with Crippen molar-refractivity contribution in [3.63, 3.8) is 0 Å². The molecule has 18 heavy (non-hydrogen) atoms. The highest BCUT2D eigenvalue weighted by Crippen LogP contribution is 2.14. The topological polar surface area (TPSA) is 55.1 Å². The highest BCUT2D eigenvalue weighted by Gasteiger charge is 2.22. The Hall–Kier alpha value is -1.56. The van der Waals surface area contributed by atoms with Crippen molar-refractivity contribution in [1.29, 1.82) is 0 Å². The predicted molar refractivity (Wildman–Crippen MR) is 69.3 cm³/mol. The molecule has 0 unspecified atom stereocenters. The van der Waals surface area contributed by atoms with Crippen molar-refractivity contribution >= 4 is 23.1 Å². The van der Waals surface area contributed by atoms with Gasteiger partial charge in [-0.1, -0.05) is 26.1 Å². The van der Waals surface area contributed by atoms with Gasteiger partial charge in [-0.2, -0.15) is 0 Å². The third kappa shape index (κ3) is 3.73. The van der Waals surface area contributed by atoms with E-state index in [-0.39, 0.29) is 17.1 Å². The van der Waals surface area contributed by atoms with Gasteiger partial charge in [-0.15, -0.1) is 0 Å². The first-order chi connectivity index (χ1) is 8.22. The fourth-order valence-corrected chi connectivity index (χ4v) is 1.25. The molecule has 6 heteroatoms. The molecule has 0 aliphatic carbocycles. The third-order valence-corrected chi connectivity index (χ3v) is 3.04. The van der Waals surface area contributed by atoms with Crippen molar-refractivity contribution in [2.45, 2.75) is 13.8 Å². The Labute approximate surface area is 109 Å². The van der Waals surface area contributed by atoms with Crippen LogP contribution in [0.1, 0.15) is 24.2 Å². The van der Waals surface area contributed by atoms with Crippen molar-refractivity contribution in [3.8, 4) is 0 Å². The molecule has 0 fully saturated rings. The van der Waals surface area contributed by atoms with Crippen LogP contribution in [0.5, 0.6) is 0 Å². The second kappa shape index (κ2) is 5.39. The summed E-state index contributed by atoms with van der Waals surface area (Å²) in [4.78, 5) is 11.9. The summed E-state index contributed by atoms with van der Waals surface area (Å²) in [6.45, 7) is 3.73. The lowest BCUT2D eigenvalue weighted by Crippen LogP contribution is -2.41. The van der Waals surface area contributed by atoms with Gasteiger partial charge < -0.3 is 11.1 Å². The second-order valence-corrected chi connectivity index (χ2v) is 5.03. The Kier molecular flexibility index (Phi) is 4.34. The molecule has 3 nitrogen and oxygen atoms in total. The van der Waals surface area contributed by atoms with Crippen LogP contribution >= 0.6 is 12.2 Å². The van der Waals surface area contributed by atoms with Gasteiger partial charge in [-0.25, -0.2) is 8.78 Å². The minimum atomic E-state index is -0.797. The number of halogens is 2. The van der Waals surface area contributed by atoms with Crippen LogP contribution in [0.4, 0.5) is 8.78 Å². The highest BCUT2D eigenvalue weighted by molar-refractivity contribution is 7.80. The van der Waals surface area contributed by atoms with Gasteiger partial charge in [0.05, 0.1) is 4.99 Å². The molecule has 0 heterocycles. The van der Waals surface area contributed by atoms with Gasteiger partial charge in [0.25, 0.3) is 5.91 Å². The van der Waals surface area contributed by atoms with Gasteiger partial charge >= 0.3 is 0 Å². The molecule has 0 radical (unpaired) electrons. The number of hydrogen-bond acceptors (Lipinski definition) is 2. The maximum Gasteiger partial charge on any atom is 0.251 e. The monoisotopic (exact) mass is 272 g/mol. The summed E-state index contributed by atoms with van der Waals surface area (Å²) in [6, 6.07) is 2.63. The van der Waals surface area contributed by atoms with E-state index in [1.165, 1.54) is 0 Å². The lowest BCUT2D eigenvalue weighted by atomic mass is 9.93. The van der Waals surface area contributed by atoms with Crippen molar-refractivity contribution in [3.05, 3.63) is 35.4 Å². The summed E-state index contributed by atoms with van der Waals surface area (Å²) < 4.78 is 25.9. The number of thiocarbonyl (C=S) groups is 1. The molecule has 0 bridgehead atoms. The quantitative estimate of drug-likeness (QED) is 0.824. The molecule has 3 N–H and O–H groups in total. The number of nitrogens with one attached hydrogen (secondary N) is 1. The zero-order valence-electron chi connectivity index (χ0n) is 10.1. The molecule has 0 atom stereocenters. The van der Waals surface area contributed by atoms with Crippen LogP contribution in [0.3, 0.4) is 0 Å². The number of amides is 1. The Bertz CT molecular complexity index is 469. The second-order valence-electron chi connectivity index (χ2n) is 4.59. The fourth-order valence-electron chi connectivity index (χ4n) is 1.18. The van der Waals surface area contributed by atoms with E-state index in [9.17, 15) is 13.6 Å². The number of rotatable bonds is 4. The van der Waals surface area contributed by atoms with E-state index in [4.69, 9.17) is 18.0 Å². The molecule has 1 amide bonds. The van der Waals surface area contributed by atoms with Gasteiger partial charge in [0.2, 0.25) is 0 Å². The molecule has 0 saturated carbocycles. The van der Waals surface area contributed by atoms with E-state index in [1.807, 2.05) is 0 Å². The standard InChI is InChI=1S/C12H14F2N2OS/c1-12(2,11(15)18)6-16-10(17)7-3-8(13)5-9(14)4-7/h3-5H,6H2,1-2H3,(H2,15,18)(H,16,17). The summed E-state index contributed by atoms with van der Waals surface area (Å²) in [5.41, 5.74) is 4.87. The minimum absolute atomic E-state index is 0.0776. The van der Waals surface area contributed by atoms with Crippen molar-refractivity contribution in [2.24, 2.45) is 11.1 Å². The van der Waals surface area contributed by atoms with E-state index in [1.54, 1.807) is 13.8 Å². The number of carbonyl (C=O) groups is 1. The number of nitrogens with two attached hydrogens (primary N) is 1. The Morgan fingerprint density at radius 3 is 2.28 bits per heavy atom. The average molecular weight is 272 g/mol. The Balaban J connectivity index is 2.75. The molecular weight excluding hydrogens is 258 g/mol. The van der Waals surface area contributed by atoms with E-state index in [2.05, 4.69) is 5.32 Å². The van der Waals surface area contributed by atoms with Gasteiger partial charge in [0, 0.05) is 23.6 Å². The molecule has 0 aromatic heterocycles. The van der Waals surface area contributed by atoms with Gasteiger partial charge in [-0.05, 0) is 12.1 Å². The summed E-state index contributed by atoms with van der Waals surface area (Å²) in [7, 11) is 0. The Morgan fingerprint density at radius 2 is 1.83 bits per heavy atom. The first-order valence-corrected chi connectivity index (χ1v) is 5.67. The zero-order chi connectivity index (χ0) is 13.9.